The maximum Gasteiger partial charge on any atom is 0.343 e. The standard InChI is InChI=1S/C16H13Cl2NO4S/c1-22-12-6-4-3-5-11(12)19-8-10(16(21)23-2)14(20)9-7-13(17)24-15(9)18/h3-8,20H,1-2H3/b14-10-,19-8?. The van der Waals surface area contributed by atoms with Crippen LogP contribution in [0.4, 0.5) is 5.69 Å². The Morgan fingerprint density at radius 2 is 2.00 bits per heavy atom. The van der Waals surface area contributed by atoms with Crippen LogP contribution < -0.4 is 4.74 Å². The van der Waals surface area contributed by atoms with Crippen LogP contribution in [-0.4, -0.2) is 31.5 Å². The molecule has 0 spiro atoms. The van der Waals surface area contributed by atoms with Crippen molar-refractivity contribution in [3.8, 4) is 5.75 Å². The molecule has 2 aromatic rings. The zero-order valence-corrected chi connectivity index (χ0v) is 15.1. The molecule has 1 heterocycles. The minimum absolute atomic E-state index is 0.153. The maximum absolute atomic E-state index is 12.0. The van der Waals surface area contributed by atoms with Crippen LogP contribution in [-0.2, 0) is 9.53 Å². The Bertz CT molecular complexity index is 814. The minimum atomic E-state index is -0.760. The molecule has 0 amide bonds. The smallest absolute Gasteiger partial charge is 0.343 e. The lowest BCUT2D eigenvalue weighted by molar-refractivity contribution is -0.135. The second-order valence-corrected chi connectivity index (χ2v) is 6.71. The molecule has 2 rings (SSSR count). The van der Waals surface area contributed by atoms with Gasteiger partial charge in [0.1, 0.15) is 27.1 Å². The third kappa shape index (κ3) is 4.08. The van der Waals surface area contributed by atoms with Gasteiger partial charge in [-0.3, -0.25) is 4.99 Å². The number of methoxy groups -OCH3 is 2. The van der Waals surface area contributed by atoms with Crippen molar-refractivity contribution in [2.24, 2.45) is 4.99 Å². The number of nitrogens with zero attached hydrogens (tertiary/aromatic N) is 1. The quantitative estimate of drug-likeness (QED) is 0.343. The Kier molecular flexibility index (Phi) is 6.25. The molecule has 0 radical (unpaired) electrons. The molecule has 0 bridgehead atoms. The number of para-hydroxylation sites is 2. The molecule has 126 valence electrons. The van der Waals surface area contributed by atoms with Crippen molar-refractivity contribution in [1.82, 2.24) is 0 Å². The third-order valence-corrected chi connectivity index (χ3v) is 4.48. The number of carbonyl (C=O) groups excluding carboxylic acids is 1. The fourth-order valence-corrected chi connectivity index (χ4v) is 3.30. The number of halogens is 2. The highest BCUT2D eigenvalue weighted by Gasteiger charge is 2.19. The number of rotatable bonds is 5. The van der Waals surface area contributed by atoms with Crippen LogP contribution in [0.2, 0.25) is 8.67 Å². The van der Waals surface area contributed by atoms with Gasteiger partial charge >= 0.3 is 5.97 Å². The van der Waals surface area contributed by atoms with Gasteiger partial charge < -0.3 is 14.6 Å². The number of hydrogen-bond donors (Lipinski definition) is 1. The second-order valence-electron chi connectivity index (χ2n) is 4.42. The van der Waals surface area contributed by atoms with Crippen molar-refractivity contribution in [2.75, 3.05) is 14.2 Å². The number of ether oxygens (including phenoxy) is 2. The summed E-state index contributed by atoms with van der Waals surface area (Å²) in [4.78, 5) is 16.2. The van der Waals surface area contributed by atoms with E-state index in [0.717, 1.165) is 11.3 Å². The maximum atomic E-state index is 12.0. The van der Waals surface area contributed by atoms with Crippen molar-refractivity contribution in [3.63, 3.8) is 0 Å². The monoisotopic (exact) mass is 385 g/mol. The van der Waals surface area contributed by atoms with E-state index >= 15 is 0 Å². The number of esters is 1. The summed E-state index contributed by atoms with van der Waals surface area (Å²) in [6.45, 7) is 0. The first-order valence-corrected chi connectivity index (χ1v) is 8.19. The fourth-order valence-electron chi connectivity index (χ4n) is 1.84. The molecule has 24 heavy (non-hydrogen) atoms. The second kappa shape index (κ2) is 8.19. The lowest BCUT2D eigenvalue weighted by atomic mass is 10.1. The van der Waals surface area contributed by atoms with Crippen LogP contribution in [0.3, 0.4) is 0 Å². The molecule has 1 N–H and O–H groups in total. The summed E-state index contributed by atoms with van der Waals surface area (Å²) >= 11 is 13.0. The Morgan fingerprint density at radius 1 is 1.29 bits per heavy atom. The van der Waals surface area contributed by atoms with Crippen LogP contribution in [0, 0.1) is 0 Å². The highest BCUT2D eigenvalue weighted by Crippen LogP contribution is 2.36. The molecule has 0 fully saturated rings. The predicted molar refractivity (Wildman–Crippen MR) is 97.0 cm³/mol. The molecule has 0 aliphatic carbocycles. The number of carbonyl (C=O) groups is 1. The van der Waals surface area contributed by atoms with E-state index in [1.807, 2.05) is 0 Å². The number of aliphatic hydroxyl groups is 1. The number of thiophene rings is 1. The first-order chi connectivity index (χ1) is 11.5. The molecule has 0 unspecified atom stereocenters. The van der Waals surface area contributed by atoms with E-state index in [2.05, 4.69) is 4.99 Å². The van der Waals surface area contributed by atoms with Gasteiger partial charge in [-0.05, 0) is 18.2 Å². The normalized spacial score (nSPS) is 12.2. The third-order valence-electron chi connectivity index (χ3n) is 2.99. The van der Waals surface area contributed by atoms with Crippen LogP contribution in [0.25, 0.3) is 5.76 Å². The van der Waals surface area contributed by atoms with E-state index in [1.54, 1.807) is 24.3 Å². The summed E-state index contributed by atoms with van der Waals surface area (Å²) in [5.41, 5.74) is 0.571. The van der Waals surface area contributed by atoms with Gasteiger partial charge in [0.25, 0.3) is 0 Å². The molecule has 0 saturated heterocycles. The summed E-state index contributed by atoms with van der Waals surface area (Å²) < 4.78 is 10.5. The Hall–Kier alpha value is -2.02. The van der Waals surface area contributed by atoms with Crippen LogP contribution in [0.1, 0.15) is 5.56 Å². The zero-order chi connectivity index (χ0) is 17.7. The topological polar surface area (TPSA) is 68.1 Å². The number of hydrogen-bond acceptors (Lipinski definition) is 6. The first-order valence-electron chi connectivity index (χ1n) is 6.61. The largest absolute Gasteiger partial charge is 0.506 e. The zero-order valence-electron chi connectivity index (χ0n) is 12.7. The Morgan fingerprint density at radius 3 is 2.58 bits per heavy atom. The van der Waals surface area contributed by atoms with E-state index in [1.165, 1.54) is 26.5 Å². The Balaban J connectivity index is 2.50. The predicted octanol–water partition coefficient (Wildman–Crippen LogP) is 4.91. The van der Waals surface area contributed by atoms with E-state index < -0.39 is 5.97 Å². The number of aliphatic imine (C=N–C) groups is 1. The van der Waals surface area contributed by atoms with Crippen molar-refractivity contribution in [1.29, 1.82) is 0 Å². The number of benzene rings is 1. The molecule has 1 aromatic carbocycles. The van der Waals surface area contributed by atoms with Crippen molar-refractivity contribution < 1.29 is 19.4 Å². The van der Waals surface area contributed by atoms with E-state index in [-0.39, 0.29) is 21.2 Å². The summed E-state index contributed by atoms with van der Waals surface area (Å²) in [5, 5.41) is 10.4. The van der Waals surface area contributed by atoms with Gasteiger partial charge in [-0.1, -0.05) is 35.3 Å². The molecular weight excluding hydrogens is 373 g/mol. The summed E-state index contributed by atoms with van der Waals surface area (Å²) in [6.07, 6.45) is 1.20. The van der Waals surface area contributed by atoms with Crippen molar-refractivity contribution >= 4 is 58.2 Å². The van der Waals surface area contributed by atoms with Gasteiger partial charge in [0.2, 0.25) is 0 Å². The van der Waals surface area contributed by atoms with Crippen LogP contribution in [0.15, 0.2) is 40.9 Å². The van der Waals surface area contributed by atoms with Crippen molar-refractivity contribution in [2.45, 2.75) is 0 Å². The molecule has 0 aliphatic rings. The van der Waals surface area contributed by atoms with Gasteiger partial charge in [0, 0.05) is 11.8 Å². The van der Waals surface area contributed by atoms with Crippen LogP contribution >= 0.6 is 34.5 Å². The van der Waals surface area contributed by atoms with Crippen molar-refractivity contribution in [3.05, 3.63) is 50.1 Å². The Labute approximate surface area is 152 Å². The molecule has 0 atom stereocenters. The molecule has 5 nitrogen and oxygen atoms in total. The molecule has 1 aromatic heterocycles. The highest BCUT2D eigenvalue weighted by atomic mass is 35.5. The molecular formula is C16H13Cl2NO4S. The molecule has 0 aliphatic heterocycles. The fraction of sp³-hybridized carbons (Fsp3) is 0.125. The van der Waals surface area contributed by atoms with Crippen LogP contribution in [0.5, 0.6) is 5.75 Å². The summed E-state index contributed by atoms with van der Waals surface area (Å²) in [5.74, 6) is -0.604. The van der Waals surface area contributed by atoms with E-state index in [9.17, 15) is 9.90 Å². The summed E-state index contributed by atoms with van der Waals surface area (Å²) in [6, 6.07) is 8.45. The van der Waals surface area contributed by atoms with Gasteiger partial charge in [-0.2, -0.15) is 0 Å². The van der Waals surface area contributed by atoms with Gasteiger partial charge in [-0.25, -0.2) is 4.79 Å². The first kappa shape index (κ1) is 18.3. The number of aliphatic hydroxyl groups excluding tert-OH is 1. The lowest BCUT2D eigenvalue weighted by Gasteiger charge is -2.06. The van der Waals surface area contributed by atoms with Gasteiger partial charge in [0.05, 0.1) is 18.6 Å². The average Bonchev–Trinajstić information content (AvgIpc) is 2.93. The SMILES string of the molecule is COC(=O)/C(C=Nc1ccccc1OC)=C(\O)c1cc(Cl)sc1Cl. The minimum Gasteiger partial charge on any atom is -0.506 e. The van der Waals surface area contributed by atoms with E-state index in [0.29, 0.717) is 15.8 Å². The van der Waals surface area contributed by atoms with Gasteiger partial charge in [0.15, 0.2) is 0 Å². The summed E-state index contributed by atoms with van der Waals surface area (Å²) in [7, 11) is 2.71. The lowest BCUT2D eigenvalue weighted by Crippen LogP contribution is -2.09. The highest BCUT2D eigenvalue weighted by molar-refractivity contribution is 7.20. The van der Waals surface area contributed by atoms with Gasteiger partial charge in [-0.15, -0.1) is 11.3 Å². The average molecular weight is 386 g/mol. The van der Waals surface area contributed by atoms with E-state index in [4.69, 9.17) is 32.7 Å². The molecule has 8 heteroatoms. The molecule has 0 saturated carbocycles.